The first kappa shape index (κ1) is 21.7. The number of anilines is 1. The molecule has 0 radical (unpaired) electrons. The molecular formula is C15H27IN4O3. The van der Waals surface area contributed by atoms with E-state index < -0.39 is 0 Å². The van der Waals surface area contributed by atoms with Gasteiger partial charge in [-0.15, -0.1) is 24.0 Å². The Bertz CT molecular complexity index is 486. The highest BCUT2D eigenvalue weighted by Gasteiger charge is 2.06. The first-order valence-corrected chi connectivity index (χ1v) is 7.07. The lowest BCUT2D eigenvalue weighted by Crippen LogP contribution is -2.28. The Balaban J connectivity index is 0.00000484. The Morgan fingerprint density at radius 1 is 1.22 bits per heavy atom. The van der Waals surface area contributed by atoms with Gasteiger partial charge in [0.25, 0.3) is 0 Å². The SMILES string of the molecule is COCCN(C)CCN=C(N)Nc1cc(OC)ccc1OC.I. The van der Waals surface area contributed by atoms with Gasteiger partial charge in [-0.3, -0.25) is 4.99 Å². The molecule has 0 aliphatic rings. The van der Waals surface area contributed by atoms with Crippen LogP contribution in [0.4, 0.5) is 5.69 Å². The number of aliphatic imine (C=N–C) groups is 1. The van der Waals surface area contributed by atoms with Crippen LogP contribution in [0.1, 0.15) is 0 Å². The maximum absolute atomic E-state index is 5.91. The van der Waals surface area contributed by atoms with Gasteiger partial charge in [0, 0.05) is 26.3 Å². The van der Waals surface area contributed by atoms with Gasteiger partial charge in [0.05, 0.1) is 33.1 Å². The molecule has 23 heavy (non-hydrogen) atoms. The molecule has 0 heterocycles. The van der Waals surface area contributed by atoms with Crippen molar-refractivity contribution in [2.75, 3.05) is 59.9 Å². The molecule has 0 aromatic heterocycles. The first-order chi connectivity index (χ1) is 10.6. The number of hydrogen-bond acceptors (Lipinski definition) is 5. The fraction of sp³-hybridized carbons (Fsp3) is 0.533. The van der Waals surface area contributed by atoms with Gasteiger partial charge >= 0.3 is 0 Å². The first-order valence-electron chi connectivity index (χ1n) is 7.07. The molecule has 0 fully saturated rings. The number of guanidine groups is 1. The molecule has 7 nitrogen and oxygen atoms in total. The van der Waals surface area contributed by atoms with Crippen molar-refractivity contribution >= 4 is 35.6 Å². The number of likely N-dealkylation sites (N-methyl/N-ethyl adjacent to an activating group) is 1. The van der Waals surface area contributed by atoms with E-state index in [-0.39, 0.29) is 24.0 Å². The summed E-state index contributed by atoms with van der Waals surface area (Å²) in [5.74, 6) is 1.73. The predicted octanol–water partition coefficient (Wildman–Crippen LogP) is 1.63. The summed E-state index contributed by atoms with van der Waals surface area (Å²) in [6, 6.07) is 5.45. The molecule has 1 aromatic rings. The van der Waals surface area contributed by atoms with Crippen LogP contribution in [-0.4, -0.2) is 65.5 Å². The van der Waals surface area contributed by atoms with Crippen LogP contribution in [0.3, 0.4) is 0 Å². The van der Waals surface area contributed by atoms with E-state index in [2.05, 4.69) is 15.2 Å². The van der Waals surface area contributed by atoms with Gasteiger partial charge in [-0.05, 0) is 19.2 Å². The second-order valence-corrected chi connectivity index (χ2v) is 4.75. The minimum Gasteiger partial charge on any atom is -0.497 e. The zero-order valence-electron chi connectivity index (χ0n) is 14.2. The molecule has 0 amide bonds. The Labute approximate surface area is 155 Å². The van der Waals surface area contributed by atoms with Crippen LogP contribution in [0.2, 0.25) is 0 Å². The smallest absolute Gasteiger partial charge is 0.193 e. The number of hydrogen-bond donors (Lipinski definition) is 2. The number of methoxy groups -OCH3 is 3. The molecule has 3 N–H and O–H groups in total. The van der Waals surface area contributed by atoms with Crippen LogP contribution < -0.4 is 20.5 Å². The molecule has 0 aliphatic heterocycles. The van der Waals surface area contributed by atoms with Crippen LogP contribution in [0.15, 0.2) is 23.2 Å². The van der Waals surface area contributed by atoms with E-state index in [1.54, 1.807) is 21.3 Å². The second kappa shape index (κ2) is 12.2. The van der Waals surface area contributed by atoms with E-state index in [0.717, 1.165) is 24.5 Å². The zero-order chi connectivity index (χ0) is 16.4. The maximum atomic E-state index is 5.91. The van der Waals surface area contributed by atoms with Gasteiger partial charge in [0.1, 0.15) is 11.5 Å². The summed E-state index contributed by atoms with van der Waals surface area (Å²) >= 11 is 0. The maximum Gasteiger partial charge on any atom is 0.193 e. The largest absolute Gasteiger partial charge is 0.497 e. The molecular weight excluding hydrogens is 411 g/mol. The van der Waals surface area contributed by atoms with Crippen LogP contribution in [0.5, 0.6) is 11.5 Å². The molecule has 1 aromatic carbocycles. The van der Waals surface area contributed by atoms with E-state index in [4.69, 9.17) is 19.9 Å². The fourth-order valence-electron chi connectivity index (χ4n) is 1.79. The molecule has 0 bridgehead atoms. The Hall–Kier alpha value is -1.26. The Morgan fingerprint density at radius 3 is 2.57 bits per heavy atom. The van der Waals surface area contributed by atoms with E-state index in [0.29, 0.717) is 24.9 Å². The van der Waals surface area contributed by atoms with E-state index in [9.17, 15) is 0 Å². The summed E-state index contributed by atoms with van der Waals surface area (Å²) < 4.78 is 15.5. The highest BCUT2D eigenvalue weighted by molar-refractivity contribution is 14.0. The molecule has 0 aliphatic carbocycles. The molecule has 132 valence electrons. The third-order valence-electron chi connectivity index (χ3n) is 3.11. The Morgan fingerprint density at radius 2 is 1.96 bits per heavy atom. The van der Waals surface area contributed by atoms with Gasteiger partial charge in [-0.1, -0.05) is 0 Å². The number of nitrogens with one attached hydrogen (secondary N) is 1. The minimum atomic E-state index is 0. The highest BCUT2D eigenvalue weighted by atomic mass is 127. The molecule has 1 rings (SSSR count). The van der Waals surface area contributed by atoms with Crippen molar-refractivity contribution in [2.24, 2.45) is 10.7 Å². The van der Waals surface area contributed by atoms with Crippen molar-refractivity contribution in [1.29, 1.82) is 0 Å². The highest BCUT2D eigenvalue weighted by Crippen LogP contribution is 2.28. The lowest BCUT2D eigenvalue weighted by Gasteiger charge is -2.15. The number of rotatable bonds is 9. The minimum absolute atomic E-state index is 0. The standard InChI is InChI=1S/C15H26N4O3.HI/c1-19(9-10-20-2)8-7-17-15(16)18-13-11-12(21-3)5-6-14(13)22-4;/h5-6,11H,7-10H2,1-4H3,(H3,16,17,18);1H. The van der Waals surface area contributed by atoms with Crippen LogP contribution in [-0.2, 0) is 4.74 Å². The quantitative estimate of drug-likeness (QED) is 0.347. The molecule has 0 spiro atoms. The van der Waals surface area contributed by atoms with Crippen LogP contribution in [0, 0.1) is 0 Å². The van der Waals surface area contributed by atoms with Crippen molar-refractivity contribution in [1.82, 2.24) is 4.90 Å². The summed E-state index contributed by atoms with van der Waals surface area (Å²) in [5, 5.41) is 3.03. The van der Waals surface area contributed by atoms with Crippen molar-refractivity contribution in [3.63, 3.8) is 0 Å². The van der Waals surface area contributed by atoms with Crippen LogP contribution >= 0.6 is 24.0 Å². The van der Waals surface area contributed by atoms with Gasteiger partial charge in [0.2, 0.25) is 0 Å². The average molecular weight is 438 g/mol. The van der Waals surface area contributed by atoms with Gasteiger partial charge < -0.3 is 30.2 Å². The Kier molecular flexibility index (Phi) is 11.5. The molecule has 0 atom stereocenters. The number of halogens is 1. The predicted molar refractivity (Wildman–Crippen MR) is 104 cm³/mol. The van der Waals surface area contributed by atoms with Gasteiger partial charge in [-0.25, -0.2) is 0 Å². The van der Waals surface area contributed by atoms with Crippen molar-refractivity contribution < 1.29 is 14.2 Å². The molecule has 0 unspecified atom stereocenters. The van der Waals surface area contributed by atoms with Crippen molar-refractivity contribution in [2.45, 2.75) is 0 Å². The van der Waals surface area contributed by atoms with Gasteiger partial charge in [0.15, 0.2) is 5.96 Å². The molecule has 8 heteroatoms. The van der Waals surface area contributed by atoms with E-state index in [1.807, 2.05) is 25.2 Å². The summed E-state index contributed by atoms with van der Waals surface area (Å²) in [7, 11) is 6.92. The van der Waals surface area contributed by atoms with Crippen LogP contribution in [0.25, 0.3) is 0 Å². The van der Waals surface area contributed by atoms with Gasteiger partial charge in [-0.2, -0.15) is 0 Å². The summed E-state index contributed by atoms with van der Waals surface area (Å²) in [6.07, 6.45) is 0. The lowest BCUT2D eigenvalue weighted by atomic mass is 10.2. The normalized spacial score (nSPS) is 11.1. The number of nitrogens with two attached hydrogens (primary N) is 1. The molecule has 0 saturated heterocycles. The van der Waals surface area contributed by atoms with E-state index in [1.165, 1.54) is 0 Å². The summed E-state index contributed by atoms with van der Waals surface area (Å²) in [5.41, 5.74) is 6.62. The average Bonchev–Trinajstić information content (AvgIpc) is 2.52. The third-order valence-corrected chi connectivity index (χ3v) is 3.11. The summed E-state index contributed by atoms with van der Waals surface area (Å²) in [4.78, 5) is 6.43. The number of nitrogens with zero attached hydrogens (tertiary/aromatic N) is 2. The second-order valence-electron chi connectivity index (χ2n) is 4.75. The monoisotopic (exact) mass is 438 g/mol. The zero-order valence-corrected chi connectivity index (χ0v) is 16.5. The third kappa shape index (κ3) is 8.24. The molecule has 0 saturated carbocycles. The summed E-state index contributed by atoms with van der Waals surface area (Å²) in [6.45, 7) is 2.98. The topological polar surface area (TPSA) is 81.3 Å². The van der Waals surface area contributed by atoms with Crippen molar-refractivity contribution in [3.8, 4) is 11.5 Å². The fourth-order valence-corrected chi connectivity index (χ4v) is 1.79. The number of benzene rings is 1. The van der Waals surface area contributed by atoms with E-state index >= 15 is 0 Å². The number of ether oxygens (including phenoxy) is 3. The lowest BCUT2D eigenvalue weighted by molar-refractivity contribution is 0.163. The van der Waals surface area contributed by atoms with Crippen molar-refractivity contribution in [3.05, 3.63) is 18.2 Å².